The Morgan fingerprint density at radius 3 is 2.41 bits per heavy atom. The number of alkyl halides is 2. The maximum Gasteiger partial charge on any atom is 0.251 e. The van der Waals surface area contributed by atoms with E-state index in [4.69, 9.17) is 0 Å². The fourth-order valence-corrected chi connectivity index (χ4v) is 3.77. The van der Waals surface area contributed by atoms with E-state index in [-0.39, 0.29) is 4.90 Å². The van der Waals surface area contributed by atoms with Crippen LogP contribution in [0.5, 0.6) is 0 Å². The van der Waals surface area contributed by atoms with Crippen molar-refractivity contribution in [3.63, 3.8) is 0 Å². The van der Waals surface area contributed by atoms with Crippen LogP contribution in [0.4, 0.5) is 8.78 Å². The third-order valence-corrected chi connectivity index (χ3v) is 5.17. The molecule has 0 aliphatic rings. The quantitative estimate of drug-likeness (QED) is 0.855. The highest BCUT2D eigenvalue weighted by Gasteiger charge is 2.20. The van der Waals surface area contributed by atoms with Gasteiger partial charge in [0.15, 0.2) is 0 Å². The number of rotatable bonds is 4. The van der Waals surface area contributed by atoms with Crippen LogP contribution in [0.3, 0.4) is 0 Å². The Labute approximate surface area is 115 Å². The van der Waals surface area contributed by atoms with Crippen molar-refractivity contribution in [3.05, 3.63) is 26.6 Å². The van der Waals surface area contributed by atoms with Crippen molar-refractivity contribution in [1.82, 2.24) is 4.72 Å². The molecule has 0 fully saturated rings. The second kappa shape index (κ2) is 5.73. The van der Waals surface area contributed by atoms with Crippen molar-refractivity contribution in [2.75, 3.05) is 6.54 Å². The van der Waals surface area contributed by atoms with Crippen LogP contribution in [0.25, 0.3) is 0 Å². The van der Waals surface area contributed by atoms with E-state index in [9.17, 15) is 17.2 Å². The minimum Gasteiger partial charge on any atom is -0.209 e. The van der Waals surface area contributed by atoms with Gasteiger partial charge in [0.05, 0.1) is 11.4 Å². The Morgan fingerprint density at radius 2 is 1.88 bits per heavy atom. The first-order chi connectivity index (χ1) is 7.74. The first-order valence-corrected chi connectivity index (χ1v) is 7.54. The molecule has 1 rings (SSSR count). The third-order valence-electron chi connectivity index (χ3n) is 1.93. The maximum absolute atomic E-state index is 12.0. The van der Waals surface area contributed by atoms with Gasteiger partial charge >= 0.3 is 0 Å². The lowest BCUT2D eigenvalue weighted by molar-refractivity contribution is 0.153. The van der Waals surface area contributed by atoms with Crippen molar-refractivity contribution in [2.45, 2.75) is 18.2 Å². The summed E-state index contributed by atoms with van der Waals surface area (Å²) in [4.78, 5) is -0.0735. The maximum atomic E-state index is 12.0. The van der Waals surface area contributed by atoms with Crippen LogP contribution >= 0.6 is 31.9 Å². The summed E-state index contributed by atoms with van der Waals surface area (Å²) < 4.78 is 50.2. The van der Waals surface area contributed by atoms with E-state index in [2.05, 4.69) is 31.9 Å². The standard InChI is InChI=1S/C9H9Br2F2NO2S/c1-5-2-7(11)8(3-6(5)10)17(15,16)14-4-9(12)13/h2-3,9,14H,4H2,1H3. The number of hydrogen-bond donors (Lipinski definition) is 1. The second-order valence-corrected chi connectivity index (χ2v) is 6.72. The molecule has 0 saturated carbocycles. The molecule has 1 aromatic carbocycles. The van der Waals surface area contributed by atoms with Crippen molar-refractivity contribution >= 4 is 41.9 Å². The summed E-state index contributed by atoms with van der Waals surface area (Å²) in [5, 5.41) is 0. The summed E-state index contributed by atoms with van der Waals surface area (Å²) in [6.07, 6.45) is -2.72. The smallest absolute Gasteiger partial charge is 0.209 e. The molecule has 0 aliphatic carbocycles. The van der Waals surface area contributed by atoms with E-state index in [1.165, 1.54) is 6.07 Å². The fraction of sp³-hybridized carbons (Fsp3) is 0.333. The van der Waals surface area contributed by atoms with Crippen LogP contribution < -0.4 is 4.72 Å². The highest BCUT2D eigenvalue weighted by atomic mass is 79.9. The van der Waals surface area contributed by atoms with Gasteiger partial charge in [-0.3, -0.25) is 0 Å². The molecule has 3 nitrogen and oxygen atoms in total. The lowest BCUT2D eigenvalue weighted by Crippen LogP contribution is -2.28. The van der Waals surface area contributed by atoms with Gasteiger partial charge in [-0.1, -0.05) is 15.9 Å². The van der Waals surface area contributed by atoms with Crippen LogP contribution in [0.2, 0.25) is 0 Å². The first kappa shape index (κ1) is 15.0. The Kier molecular flexibility index (Phi) is 5.06. The number of nitrogens with one attached hydrogen (secondary N) is 1. The molecule has 1 N–H and O–H groups in total. The van der Waals surface area contributed by atoms with Gasteiger partial charge in [-0.2, -0.15) is 0 Å². The number of benzene rings is 1. The normalized spacial score (nSPS) is 12.1. The van der Waals surface area contributed by atoms with Crippen molar-refractivity contribution < 1.29 is 17.2 Å². The second-order valence-electron chi connectivity index (χ2n) is 3.27. The number of sulfonamides is 1. The van der Waals surface area contributed by atoms with E-state index < -0.39 is 23.0 Å². The molecule has 8 heteroatoms. The zero-order valence-corrected chi connectivity index (χ0v) is 12.7. The van der Waals surface area contributed by atoms with Gasteiger partial charge in [0, 0.05) is 8.95 Å². The van der Waals surface area contributed by atoms with Gasteiger partial charge in [0.25, 0.3) is 6.43 Å². The SMILES string of the molecule is Cc1cc(Br)c(S(=O)(=O)NCC(F)F)cc1Br. The molecule has 0 atom stereocenters. The minimum atomic E-state index is -3.93. The summed E-state index contributed by atoms with van der Waals surface area (Å²) in [6.45, 7) is 0.887. The van der Waals surface area contributed by atoms with E-state index in [0.29, 0.717) is 8.95 Å². The zero-order chi connectivity index (χ0) is 13.2. The lowest BCUT2D eigenvalue weighted by Gasteiger charge is -2.10. The summed E-state index contributed by atoms with van der Waals surface area (Å²) in [5.74, 6) is 0. The van der Waals surface area contributed by atoms with Crippen molar-refractivity contribution in [1.29, 1.82) is 0 Å². The Bertz CT molecular complexity index is 520. The largest absolute Gasteiger partial charge is 0.251 e. The molecule has 0 saturated heterocycles. The van der Waals surface area contributed by atoms with Gasteiger partial charge < -0.3 is 0 Å². The molecule has 0 unspecified atom stereocenters. The van der Waals surface area contributed by atoms with E-state index >= 15 is 0 Å². The van der Waals surface area contributed by atoms with Crippen LogP contribution in [-0.2, 0) is 10.0 Å². The molecular formula is C9H9Br2F2NO2S. The fourth-order valence-electron chi connectivity index (χ4n) is 1.08. The molecule has 17 heavy (non-hydrogen) atoms. The molecule has 96 valence electrons. The van der Waals surface area contributed by atoms with Gasteiger partial charge in [-0.25, -0.2) is 21.9 Å². The molecule has 0 spiro atoms. The molecular weight excluding hydrogens is 384 g/mol. The third kappa shape index (κ3) is 3.97. The Morgan fingerprint density at radius 1 is 1.29 bits per heavy atom. The first-order valence-electron chi connectivity index (χ1n) is 4.47. The zero-order valence-electron chi connectivity index (χ0n) is 8.68. The molecule has 1 aromatic rings. The number of halogens is 4. The van der Waals surface area contributed by atoms with Crippen molar-refractivity contribution in [3.8, 4) is 0 Å². The number of hydrogen-bond acceptors (Lipinski definition) is 2. The van der Waals surface area contributed by atoms with E-state index in [1.54, 1.807) is 13.0 Å². The van der Waals surface area contributed by atoms with E-state index in [0.717, 1.165) is 5.56 Å². The topological polar surface area (TPSA) is 46.2 Å². The van der Waals surface area contributed by atoms with Crippen LogP contribution in [0, 0.1) is 6.92 Å². The van der Waals surface area contributed by atoms with Crippen LogP contribution in [0.15, 0.2) is 26.0 Å². The molecule has 0 aliphatic heterocycles. The summed E-state index contributed by atoms with van der Waals surface area (Å²) >= 11 is 6.29. The summed E-state index contributed by atoms with van der Waals surface area (Å²) in [5.41, 5.74) is 0.838. The molecule has 0 heterocycles. The van der Waals surface area contributed by atoms with Gasteiger partial charge in [0.1, 0.15) is 0 Å². The van der Waals surface area contributed by atoms with E-state index in [1.807, 2.05) is 4.72 Å². The molecule has 0 aromatic heterocycles. The van der Waals surface area contributed by atoms with Crippen LogP contribution in [0.1, 0.15) is 5.56 Å². The lowest BCUT2D eigenvalue weighted by atomic mass is 10.2. The minimum absolute atomic E-state index is 0.0735. The van der Waals surface area contributed by atoms with Gasteiger partial charge in [0.2, 0.25) is 10.0 Å². The molecule has 0 bridgehead atoms. The van der Waals surface area contributed by atoms with Gasteiger partial charge in [-0.05, 0) is 40.5 Å². The predicted molar refractivity (Wildman–Crippen MR) is 67.8 cm³/mol. The monoisotopic (exact) mass is 391 g/mol. The summed E-state index contributed by atoms with van der Waals surface area (Å²) in [7, 11) is -3.93. The average molecular weight is 393 g/mol. The Balaban J connectivity index is 3.11. The predicted octanol–water partition coefficient (Wildman–Crippen LogP) is 3.06. The van der Waals surface area contributed by atoms with Crippen molar-refractivity contribution in [2.24, 2.45) is 0 Å². The Hall–Kier alpha value is -0.0500. The number of aryl methyl sites for hydroxylation is 1. The van der Waals surface area contributed by atoms with Gasteiger partial charge in [-0.15, -0.1) is 0 Å². The molecule has 0 radical (unpaired) electrons. The highest BCUT2D eigenvalue weighted by molar-refractivity contribution is 9.11. The highest BCUT2D eigenvalue weighted by Crippen LogP contribution is 2.28. The van der Waals surface area contributed by atoms with Crippen LogP contribution in [-0.4, -0.2) is 21.4 Å². The average Bonchev–Trinajstić information content (AvgIpc) is 2.20. The summed E-state index contributed by atoms with van der Waals surface area (Å²) in [6, 6.07) is 2.97. The molecule has 0 amide bonds.